The molecule has 2 fully saturated rings. The first kappa shape index (κ1) is 20.0. The Balaban J connectivity index is 1.68. The molecule has 1 aromatic rings. The van der Waals surface area contributed by atoms with E-state index in [1.807, 2.05) is 45.0 Å². The molecule has 0 radical (unpaired) electrons. The fraction of sp³-hybridized carbons (Fsp3) is 0.600. The number of hydrogen-bond acceptors (Lipinski definition) is 4. The van der Waals surface area contributed by atoms with Gasteiger partial charge in [0.25, 0.3) is 0 Å². The largest absolute Gasteiger partial charge is 0.444 e. The van der Waals surface area contributed by atoms with Gasteiger partial charge in [0.15, 0.2) is 0 Å². The van der Waals surface area contributed by atoms with E-state index in [0.29, 0.717) is 37.7 Å². The second-order valence-electron chi connectivity index (χ2n) is 8.03. The van der Waals surface area contributed by atoms with Crippen LogP contribution in [0.15, 0.2) is 24.3 Å². The Bertz CT molecular complexity index is 703. The van der Waals surface area contributed by atoms with E-state index in [9.17, 15) is 9.59 Å². The van der Waals surface area contributed by atoms with Gasteiger partial charge in [-0.05, 0) is 51.3 Å². The first-order valence-electron chi connectivity index (χ1n) is 9.40. The van der Waals surface area contributed by atoms with Crippen LogP contribution >= 0.6 is 11.6 Å². The molecule has 2 heterocycles. The van der Waals surface area contributed by atoms with Gasteiger partial charge in [0.1, 0.15) is 17.7 Å². The fourth-order valence-electron chi connectivity index (χ4n) is 3.53. The third-order valence-corrected chi connectivity index (χ3v) is 5.00. The summed E-state index contributed by atoms with van der Waals surface area (Å²) in [5.41, 5.74) is 0.375. The number of morpholine rings is 1. The Morgan fingerprint density at radius 2 is 2.04 bits per heavy atom. The van der Waals surface area contributed by atoms with Crippen molar-refractivity contribution in [2.45, 2.75) is 51.4 Å². The zero-order chi connectivity index (χ0) is 19.6. The SMILES string of the molecule is CC(C)(C)OC(=O)N1CCCC1C(=O)N1CCOC(c2cccc(Cl)c2)C1. The molecule has 0 spiro atoms. The monoisotopic (exact) mass is 394 g/mol. The Morgan fingerprint density at radius 1 is 1.26 bits per heavy atom. The molecule has 2 aliphatic rings. The quantitative estimate of drug-likeness (QED) is 0.768. The van der Waals surface area contributed by atoms with Crippen molar-refractivity contribution in [3.8, 4) is 0 Å². The topological polar surface area (TPSA) is 59.1 Å². The lowest BCUT2D eigenvalue weighted by Crippen LogP contribution is -2.52. The molecular formula is C20H27ClN2O4. The third kappa shape index (κ3) is 4.93. The number of amides is 2. The predicted molar refractivity (Wildman–Crippen MR) is 103 cm³/mol. The Morgan fingerprint density at radius 3 is 2.74 bits per heavy atom. The molecular weight excluding hydrogens is 368 g/mol. The van der Waals surface area contributed by atoms with Gasteiger partial charge in [-0.3, -0.25) is 9.69 Å². The molecule has 27 heavy (non-hydrogen) atoms. The summed E-state index contributed by atoms with van der Waals surface area (Å²) in [5.74, 6) is -0.0336. The van der Waals surface area contributed by atoms with Crippen LogP contribution in [0.3, 0.4) is 0 Å². The van der Waals surface area contributed by atoms with Gasteiger partial charge < -0.3 is 14.4 Å². The molecule has 7 heteroatoms. The van der Waals surface area contributed by atoms with Crippen molar-refractivity contribution in [1.29, 1.82) is 0 Å². The minimum Gasteiger partial charge on any atom is -0.444 e. The van der Waals surface area contributed by atoms with Gasteiger partial charge in [-0.2, -0.15) is 0 Å². The molecule has 2 amide bonds. The van der Waals surface area contributed by atoms with Gasteiger partial charge >= 0.3 is 6.09 Å². The van der Waals surface area contributed by atoms with Gasteiger partial charge in [-0.25, -0.2) is 4.79 Å². The van der Waals surface area contributed by atoms with E-state index in [2.05, 4.69) is 0 Å². The summed E-state index contributed by atoms with van der Waals surface area (Å²) in [6, 6.07) is 7.05. The molecule has 0 aliphatic carbocycles. The summed E-state index contributed by atoms with van der Waals surface area (Å²) >= 11 is 6.08. The molecule has 3 rings (SSSR count). The van der Waals surface area contributed by atoms with E-state index in [-0.39, 0.29) is 12.0 Å². The highest BCUT2D eigenvalue weighted by molar-refractivity contribution is 6.30. The number of hydrogen-bond donors (Lipinski definition) is 0. The van der Waals surface area contributed by atoms with Crippen molar-refractivity contribution in [3.05, 3.63) is 34.9 Å². The third-order valence-electron chi connectivity index (χ3n) is 4.76. The number of nitrogens with zero attached hydrogens (tertiary/aromatic N) is 2. The normalized spacial score (nSPS) is 23.4. The van der Waals surface area contributed by atoms with E-state index >= 15 is 0 Å². The van der Waals surface area contributed by atoms with Gasteiger partial charge in [0, 0.05) is 18.1 Å². The minimum atomic E-state index is -0.579. The van der Waals surface area contributed by atoms with Crippen molar-refractivity contribution < 1.29 is 19.1 Å². The highest BCUT2D eigenvalue weighted by atomic mass is 35.5. The molecule has 0 N–H and O–H groups in total. The average molecular weight is 395 g/mol. The van der Waals surface area contributed by atoms with Crippen molar-refractivity contribution in [2.24, 2.45) is 0 Å². The van der Waals surface area contributed by atoms with E-state index < -0.39 is 17.7 Å². The molecule has 6 nitrogen and oxygen atoms in total. The van der Waals surface area contributed by atoms with E-state index in [0.717, 1.165) is 12.0 Å². The number of ether oxygens (including phenoxy) is 2. The summed E-state index contributed by atoms with van der Waals surface area (Å²) in [5, 5.41) is 0.645. The zero-order valence-corrected chi connectivity index (χ0v) is 16.9. The van der Waals surface area contributed by atoms with Crippen molar-refractivity contribution in [2.75, 3.05) is 26.2 Å². The predicted octanol–water partition coefficient (Wildman–Crippen LogP) is 3.64. The van der Waals surface area contributed by atoms with Crippen LogP contribution in [0.2, 0.25) is 5.02 Å². The summed E-state index contributed by atoms with van der Waals surface area (Å²) < 4.78 is 11.3. The number of carbonyl (C=O) groups is 2. The summed E-state index contributed by atoms with van der Waals surface area (Å²) in [6.07, 6.45) is 0.838. The molecule has 2 atom stereocenters. The first-order chi connectivity index (χ1) is 12.7. The van der Waals surface area contributed by atoms with Crippen LogP contribution in [0.4, 0.5) is 4.79 Å². The van der Waals surface area contributed by atoms with Gasteiger partial charge in [0.05, 0.1) is 13.2 Å². The average Bonchev–Trinajstić information content (AvgIpc) is 3.10. The van der Waals surface area contributed by atoms with Crippen LogP contribution < -0.4 is 0 Å². The number of benzene rings is 1. The molecule has 2 saturated heterocycles. The van der Waals surface area contributed by atoms with Crippen LogP contribution in [-0.2, 0) is 14.3 Å². The second kappa shape index (κ2) is 8.07. The number of carbonyl (C=O) groups excluding carboxylic acids is 2. The minimum absolute atomic E-state index is 0.0336. The fourth-order valence-corrected chi connectivity index (χ4v) is 3.73. The second-order valence-corrected chi connectivity index (χ2v) is 8.47. The highest BCUT2D eigenvalue weighted by Gasteiger charge is 2.39. The van der Waals surface area contributed by atoms with Crippen molar-refractivity contribution in [1.82, 2.24) is 9.80 Å². The summed E-state index contributed by atoms with van der Waals surface area (Å²) in [6.45, 7) is 7.47. The lowest BCUT2D eigenvalue weighted by atomic mass is 10.1. The van der Waals surface area contributed by atoms with Crippen molar-refractivity contribution >= 4 is 23.6 Å². The van der Waals surface area contributed by atoms with Crippen LogP contribution in [-0.4, -0.2) is 59.7 Å². The molecule has 148 valence electrons. The number of halogens is 1. The lowest BCUT2D eigenvalue weighted by Gasteiger charge is -2.36. The van der Waals surface area contributed by atoms with Gasteiger partial charge in [0.2, 0.25) is 5.91 Å². The molecule has 0 saturated carbocycles. The standard InChI is InChI=1S/C20H27ClN2O4/c1-20(2,3)27-19(25)23-9-5-8-16(23)18(24)22-10-11-26-17(13-22)14-6-4-7-15(21)12-14/h4,6-7,12,16-17H,5,8-11,13H2,1-3H3. The smallest absolute Gasteiger partial charge is 0.410 e. The van der Waals surface area contributed by atoms with Gasteiger partial charge in [-0.1, -0.05) is 23.7 Å². The maximum absolute atomic E-state index is 13.1. The zero-order valence-electron chi connectivity index (χ0n) is 16.1. The molecule has 1 aromatic carbocycles. The summed E-state index contributed by atoms with van der Waals surface area (Å²) in [4.78, 5) is 29.0. The maximum Gasteiger partial charge on any atom is 0.410 e. The van der Waals surface area contributed by atoms with Crippen LogP contribution in [0.1, 0.15) is 45.3 Å². The molecule has 0 bridgehead atoms. The Labute approximate surface area is 165 Å². The molecule has 2 aliphatic heterocycles. The number of likely N-dealkylation sites (tertiary alicyclic amines) is 1. The van der Waals surface area contributed by atoms with E-state index in [4.69, 9.17) is 21.1 Å². The lowest BCUT2D eigenvalue weighted by molar-refractivity contribution is -0.143. The van der Waals surface area contributed by atoms with Crippen molar-refractivity contribution in [3.63, 3.8) is 0 Å². The number of rotatable bonds is 2. The maximum atomic E-state index is 13.1. The molecule has 0 aromatic heterocycles. The van der Waals surface area contributed by atoms with Crippen LogP contribution in [0, 0.1) is 0 Å². The van der Waals surface area contributed by atoms with Crippen LogP contribution in [0.5, 0.6) is 0 Å². The van der Waals surface area contributed by atoms with E-state index in [1.54, 1.807) is 9.80 Å². The summed E-state index contributed by atoms with van der Waals surface area (Å²) in [7, 11) is 0. The Hall–Kier alpha value is -1.79. The van der Waals surface area contributed by atoms with Crippen LogP contribution in [0.25, 0.3) is 0 Å². The Kier molecular flexibility index (Phi) is 5.96. The molecule has 2 unspecified atom stereocenters. The first-order valence-corrected chi connectivity index (χ1v) is 9.78. The van der Waals surface area contributed by atoms with Gasteiger partial charge in [-0.15, -0.1) is 0 Å². The van der Waals surface area contributed by atoms with E-state index in [1.165, 1.54) is 0 Å². The highest BCUT2D eigenvalue weighted by Crippen LogP contribution is 2.27.